The summed E-state index contributed by atoms with van der Waals surface area (Å²) in [5.41, 5.74) is 5.51. The third-order valence-corrected chi connectivity index (χ3v) is 3.92. The molecule has 0 aliphatic carbocycles. The van der Waals surface area contributed by atoms with Gasteiger partial charge in [0.2, 0.25) is 0 Å². The molecule has 0 saturated heterocycles. The second-order valence-electron chi connectivity index (χ2n) is 4.91. The van der Waals surface area contributed by atoms with Crippen LogP contribution in [0.4, 0.5) is 0 Å². The number of rotatable bonds is 5. The van der Waals surface area contributed by atoms with E-state index in [0.29, 0.717) is 33.0 Å². The minimum absolute atomic E-state index is 0.391. The van der Waals surface area contributed by atoms with Crippen LogP contribution in [0.2, 0.25) is 5.02 Å². The van der Waals surface area contributed by atoms with Crippen LogP contribution >= 0.6 is 27.5 Å². The van der Waals surface area contributed by atoms with Crippen LogP contribution in [0.25, 0.3) is 0 Å². The molecule has 24 heavy (non-hydrogen) atoms. The number of halogens is 2. The Kier molecular flexibility index (Phi) is 6.63. The molecule has 0 saturated carbocycles. The maximum Gasteiger partial charge on any atom is 0.269 e. The molecule has 0 unspecified atom stereocenters. The number of carbonyl (C=O) groups is 2. The fraction of sp³-hybridized carbons (Fsp3) is 0.176. The van der Waals surface area contributed by atoms with Gasteiger partial charge in [-0.15, -0.1) is 0 Å². The second kappa shape index (κ2) is 8.70. The zero-order valence-corrected chi connectivity index (χ0v) is 15.3. The molecule has 2 aromatic carbocycles. The summed E-state index contributed by atoms with van der Waals surface area (Å²) in [6, 6.07) is 11.3. The van der Waals surface area contributed by atoms with E-state index in [0.717, 1.165) is 6.42 Å². The van der Waals surface area contributed by atoms with Crippen molar-refractivity contribution in [2.75, 3.05) is 6.61 Å². The van der Waals surface area contributed by atoms with Crippen molar-refractivity contribution >= 4 is 39.3 Å². The SMILES string of the molecule is CCCOc1ccc(C(=O)NNC(=O)c2ccc(Cl)cc2)cc1Br. The van der Waals surface area contributed by atoms with Crippen molar-refractivity contribution in [3.63, 3.8) is 0 Å². The minimum atomic E-state index is -0.431. The molecule has 2 aromatic rings. The first-order valence-electron chi connectivity index (χ1n) is 7.30. The van der Waals surface area contributed by atoms with Crippen LogP contribution in [0.1, 0.15) is 34.1 Å². The van der Waals surface area contributed by atoms with E-state index in [1.807, 2.05) is 6.92 Å². The molecule has 0 aromatic heterocycles. The molecule has 2 amide bonds. The Labute approximate surface area is 153 Å². The van der Waals surface area contributed by atoms with Gasteiger partial charge in [0.25, 0.3) is 11.8 Å². The predicted molar refractivity (Wildman–Crippen MR) is 96.3 cm³/mol. The van der Waals surface area contributed by atoms with Gasteiger partial charge in [-0.1, -0.05) is 18.5 Å². The summed E-state index contributed by atoms with van der Waals surface area (Å²) >= 11 is 9.13. The highest BCUT2D eigenvalue weighted by Crippen LogP contribution is 2.26. The highest BCUT2D eigenvalue weighted by molar-refractivity contribution is 9.10. The average molecular weight is 412 g/mol. The lowest BCUT2D eigenvalue weighted by molar-refractivity contribution is 0.0846. The smallest absolute Gasteiger partial charge is 0.269 e. The fourth-order valence-corrected chi connectivity index (χ4v) is 2.45. The van der Waals surface area contributed by atoms with E-state index in [4.69, 9.17) is 16.3 Å². The summed E-state index contributed by atoms with van der Waals surface area (Å²) in [4.78, 5) is 24.0. The Morgan fingerprint density at radius 1 is 1.04 bits per heavy atom. The first-order chi connectivity index (χ1) is 11.5. The quantitative estimate of drug-likeness (QED) is 0.732. The van der Waals surface area contributed by atoms with Crippen LogP contribution in [0.15, 0.2) is 46.9 Å². The molecule has 0 bridgehead atoms. The van der Waals surface area contributed by atoms with Gasteiger partial charge in [-0.25, -0.2) is 0 Å². The third-order valence-electron chi connectivity index (χ3n) is 3.05. The average Bonchev–Trinajstić information content (AvgIpc) is 2.59. The summed E-state index contributed by atoms with van der Waals surface area (Å²) in [5.74, 6) is -0.194. The van der Waals surface area contributed by atoms with Crippen LogP contribution in [-0.2, 0) is 0 Å². The van der Waals surface area contributed by atoms with Gasteiger partial charge in [0, 0.05) is 16.1 Å². The van der Waals surface area contributed by atoms with Crippen LogP contribution in [0.5, 0.6) is 5.75 Å². The molecule has 0 heterocycles. The number of amides is 2. The molecular formula is C17H16BrClN2O3. The minimum Gasteiger partial charge on any atom is -0.492 e. The molecular weight excluding hydrogens is 396 g/mol. The zero-order valence-electron chi connectivity index (χ0n) is 12.9. The van der Waals surface area contributed by atoms with E-state index in [-0.39, 0.29) is 0 Å². The second-order valence-corrected chi connectivity index (χ2v) is 6.20. The van der Waals surface area contributed by atoms with E-state index in [1.165, 1.54) is 0 Å². The van der Waals surface area contributed by atoms with Crippen molar-refractivity contribution < 1.29 is 14.3 Å². The van der Waals surface area contributed by atoms with Crippen LogP contribution < -0.4 is 15.6 Å². The van der Waals surface area contributed by atoms with Gasteiger partial charge in [-0.05, 0) is 64.8 Å². The largest absolute Gasteiger partial charge is 0.492 e. The van der Waals surface area contributed by atoms with Gasteiger partial charge >= 0.3 is 0 Å². The fourth-order valence-electron chi connectivity index (χ4n) is 1.83. The number of ether oxygens (including phenoxy) is 1. The molecule has 2 rings (SSSR count). The molecule has 0 aliphatic heterocycles. The van der Waals surface area contributed by atoms with Crippen LogP contribution in [0.3, 0.4) is 0 Å². The lowest BCUT2D eigenvalue weighted by atomic mass is 10.2. The first kappa shape index (κ1) is 18.3. The van der Waals surface area contributed by atoms with Gasteiger partial charge in [0.15, 0.2) is 0 Å². The van der Waals surface area contributed by atoms with Crippen molar-refractivity contribution in [3.05, 3.63) is 63.1 Å². The predicted octanol–water partition coefficient (Wildman–Crippen LogP) is 3.97. The summed E-state index contributed by atoms with van der Waals surface area (Å²) in [6.45, 7) is 2.61. The standard InChI is InChI=1S/C17H16BrClN2O3/c1-2-9-24-15-8-5-12(10-14(15)18)17(23)21-20-16(22)11-3-6-13(19)7-4-11/h3-8,10H,2,9H2,1H3,(H,20,22)(H,21,23). The number of hydrogen-bond acceptors (Lipinski definition) is 3. The summed E-state index contributed by atoms with van der Waals surface area (Å²) < 4.78 is 6.20. The zero-order chi connectivity index (χ0) is 17.5. The Morgan fingerprint density at radius 2 is 1.62 bits per heavy atom. The van der Waals surface area contributed by atoms with Gasteiger partial charge < -0.3 is 4.74 Å². The Morgan fingerprint density at radius 3 is 2.21 bits per heavy atom. The summed E-state index contributed by atoms with van der Waals surface area (Å²) in [7, 11) is 0. The van der Waals surface area contributed by atoms with Gasteiger partial charge in [-0.3, -0.25) is 20.4 Å². The first-order valence-corrected chi connectivity index (χ1v) is 8.47. The van der Waals surface area contributed by atoms with Gasteiger partial charge in [0.1, 0.15) is 5.75 Å². The van der Waals surface area contributed by atoms with E-state index in [2.05, 4.69) is 26.8 Å². The van der Waals surface area contributed by atoms with Crippen molar-refractivity contribution in [1.82, 2.24) is 10.9 Å². The third kappa shape index (κ3) is 4.97. The van der Waals surface area contributed by atoms with E-state index >= 15 is 0 Å². The molecule has 0 atom stereocenters. The van der Waals surface area contributed by atoms with E-state index in [9.17, 15) is 9.59 Å². The Balaban J connectivity index is 1.95. The van der Waals surface area contributed by atoms with Gasteiger partial charge in [0.05, 0.1) is 11.1 Å². The summed E-state index contributed by atoms with van der Waals surface area (Å²) in [6.07, 6.45) is 0.894. The normalized spacial score (nSPS) is 10.1. The maximum absolute atomic E-state index is 12.1. The number of nitrogens with one attached hydrogen (secondary N) is 2. The maximum atomic E-state index is 12.1. The molecule has 126 valence electrons. The highest BCUT2D eigenvalue weighted by Gasteiger charge is 2.11. The summed E-state index contributed by atoms with van der Waals surface area (Å²) in [5, 5.41) is 0.533. The lowest BCUT2D eigenvalue weighted by Crippen LogP contribution is -2.41. The van der Waals surface area contributed by atoms with Crippen molar-refractivity contribution in [2.45, 2.75) is 13.3 Å². The van der Waals surface area contributed by atoms with Crippen molar-refractivity contribution in [1.29, 1.82) is 0 Å². The van der Waals surface area contributed by atoms with Crippen molar-refractivity contribution in [2.24, 2.45) is 0 Å². The molecule has 0 aliphatic rings. The molecule has 5 nitrogen and oxygen atoms in total. The number of hydrogen-bond donors (Lipinski definition) is 2. The number of benzene rings is 2. The van der Waals surface area contributed by atoms with E-state index < -0.39 is 11.8 Å². The lowest BCUT2D eigenvalue weighted by Gasteiger charge is -2.10. The monoisotopic (exact) mass is 410 g/mol. The molecule has 2 N–H and O–H groups in total. The topological polar surface area (TPSA) is 67.4 Å². The number of carbonyl (C=O) groups excluding carboxylic acids is 2. The Hall–Kier alpha value is -2.05. The molecule has 0 radical (unpaired) electrons. The van der Waals surface area contributed by atoms with Crippen LogP contribution in [0, 0.1) is 0 Å². The number of hydrazine groups is 1. The molecule has 7 heteroatoms. The Bertz CT molecular complexity index is 735. The van der Waals surface area contributed by atoms with E-state index in [1.54, 1.807) is 42.5 Å². The molecule has 0 fully saturated rings. The highest BCUT2D eigenvalue weighted by atomic mass is 79.9. The molecule has 0 spiro atoms. The van der Waals surface area contributed by atoms with Crippen molar-refractivity contribution in [3.8, 4) is 5.75 Å². The van der Waals surface area contributed by atoms with Gasteiger partial charge in [-0.2, -0.15) is 0 Å². The van der Waals surface area contributed by atoms with Crippen LogP contribution in [-0.4, -0.2) is 18.4 Å².